The highest BCUT2D eigenvalue weighted by atomic mass is 15.1. The molecule has 1 unspecified atom stereocenters. The van der Waals surface area contributed by atoms with E-state index in [9.17, 15) is 0 Å². The minimum atomic E-state index is 0.696. The molecule has 0 saturated carbocycles. The van der Waals surface area contributed by atoms with Crippen molar-refractivity contribution in [1.29, 1.82) is 0 Å². The Balaban J connectivity index is 1.79. The van der Waals surface area contributed by atoms with Crippen LogP contribution in [0, 0.1) is 6.92 Å². The molecule has 1 aliphatic heterocycles. The molecule has 2 heteroatoms. The summed E-state index contributed by atoms with van der Waals surface area (Å²) in [6.45, 7) is 9.32. The number of aryl methyl sites for hydroxylation is 1. The quantitative estimate of drug-likeness (QED) is 0.873. The predicted octanol–water partition coefficient (Wildman–Crippen LogP) is 3.35. The molecule has 1 N–H and O–H groups in total. The fraction of sp³-hybridized carbons (Fsp3) is 0.647. The van der Waals surface area contributed by atoms with Gasteiger partial charge in [-0.3, -0.25) is 0 Å². The third-order valence-corrected chi connectivity index (χ3v) is 4.20. The molecule has 0 aliphatic carbocycles. The van der Waals surface area contributed by atoms with Crippen molar-refractivity contribution < 1.29 is 0 Å². The molecular formula is C17H28N2. The van der Waals surface area contributed by atoms with Crippen LogP contribution in [0.25, 0.3) is 0 Å². The second-order valence-electron chi connectivity index (χ2n) is 5.78. The molecule has 1 aromatic carbocycles. The zero-order chi connectivity index (χ0) is 13.5. The van der Waals surface area contributed by atoms with Crippen LogP contribution in [0.4, 0.5) is 0 Å². The van der Waals surface area contributed by atoms with Gasteiger partial charge in [0.2, 0.25) is 0 Å². The maximum absolute atomic E-state index is 3.75. The van der Waals surface area contributed by atoms with Crippen molar-refractivity contribution in [3.05, 3.63) is 35.4 Å². The van der Waals surface area contributed by atoms with Gasteiger partial charge < -0.3 is 10.2 Å². The molecule has 0 amide bonds. The van der Waals surface area contributed by atoms with Gasteiger partial charge in [-0.05, 0) is 63.4 Å². The van der Waals surface area contributed by atoms with Crippen LogP contribution in [0.5, 0.6) is 0 Å². The summed E-state index contributed by atoms with van der Waals surface area (Å²) in [6, 6.07) is 9.39. The van der Waals surface area contributed by atoms with Gasteiger partial charge >= 0.3 is 0 Å². The van der Waals surface area contributed by atoms with E-state index in [-0.39, 0.29) is 0 Å². The van der Waals surface area contributed by atoms with E-state index in [0.29, 0.717) is 6.04 Å². The second-order valence-corrected chi connectivity index (χ2v) is 5.78. The summed E-state index contributed by atoms with van der Waals surface area (Å²) < 4.78 is 0. The van der Waals surface area contributed by atoms with Crippen LogP contribution < -0.4 is 5.32 Å². The molecule has 106 valence electrons. The number of likely N-dealkylation sites (tertiary alicyclic amines) is 1. The first-order valence-corrected chi connectivity index (χ1v) is 7.80. The van der Waals surface area contributed by atoms with Gasteiger partial charge in [-0.1, -0.05) is 31.2 Å². The van der Waals surface area contributed by atoms with Crippen molar-refractivity contribution in [2.24, 2.45) is 0 Å². The Labute approximate surface area is 118 Å². The smallest absolute Gasteiger partial charge is 0.0210 e. The molecule has 1 atom stereocenters. The third-order valence-electron chi connectivity index (χ3n) is 4.20. The van der Waals surface area contributed by atoms with Crippen LogP contribution in [-0.4, -0.2) is 30.6 Å². The van der Waals surface area contributed by atoms with Gasteiger partial charge in [-0.25, -0.2) is 0 Å². The molecule has 0 radical (unpaired) electrons. The molecule has 1 fully saturated rings. The topological polar surface area (TPSA) is 15.3 Å². The van der Waals surface area contributed by atoms with Crippen LogP contribution in [0.1, 0.15) is 43.7 Å². The number of hydrogen-bond donors (Lipinski definition) is 1. The predicted molar refractivity (Wildman–Crippen MR) is 82.4 cm³/mol. The van der Waals surface area contributed by atoms with Crippen LogP contribution in [0.2, 0.25) is 0 Å². The Hall–Kier alpha value is -0.860. The largest absolute Gasteiger partial charge is 0.310 e. The molecule has 0 spiro atoms. The summed E-state index contributed by atoms with van der Waals surface area (Å²) >= 11 is 0. The first kappa shape index (κ1) is 14.5. The van der Waals surface area contributed by atoms with E-state index in [4.69, 9.17) is 0 Å². The van der Waals surface area contributed by atoms with Crippen LogP contribution in [0.3, 0.4) is 0 Å². The molecule has 0 aromatic heterocycles. The fourth-order valence-electron chi connectivity index (χ4n) is 2.96. The van der Waals surface area contributed by atoms with Gasteiger partial charge in [0.1, 0.15) is 0 Å². The summed E-state index contributed by atoms with van der Waals surface area (Å²) in [7, 11) is 0. The molecular weight excluding hydrogens is 232 g/mol. The summed E-state index contributed by atoms with van der Waals surface area (Å²) in [6.07, 6.45) is 5.24. The number of nitrogens with one attached hydrogen (secondary N) is 1. The Bertz CT molecular complexity index is 375. The minimum absolute atomic E-state index is 0.696. The van der Waals surface area contributed by atoms with Crippen LogP contribution >= 0.6 is 0 Å². The van der Waals surface area contributed by atoms with Crippen molar-refractivity contribution in [1.82, 2.24) is 10.2 Å². The van der Waals surface area contributed by atoms with E-state index in [1.54, 1.807) is 0 Å². The summed E-state index contributed by atoms with van der Waals surface area (Å²) in [5.41, 5.74) is 2.84. The zero-order valence-corrected chi connectivity index (χ0v) is 12.5. The molecule has 1 saturated heterocycles. The zero-order valence-electron chi connectivity index (χ0n) is 12.5. The van der Waals surface area contributed by atoms with E-state index in [1.165, 1.54) is 56.4 Å². The SMILES string of the molecule is CCCN1CCCC(NCc2ccccc2C)CC1. The van der Waals surface area contributed by atoms with Gasteiger partial charge in [-0.2, -0.15) is 0 Å². The standard InChI is InChI=1S/C17H28N2/c1-3-11-19-12-6-9-17(10-13-19)18-14-16-8-5-4-7-15(16)2/h4-5,7-8,17-18H,3,6,9-14H2,1-2H3. The van der Waals surface area contributed by atoms with Crippen molar-refractivity contribution in [3.8, 4) is 0 Å². The number of nitrogens with zero attached hydrogens (tertiary/aromatic N) is 1. The molecule has 1 aliphatic rings. The molecule has 0 bridgehead atoms. The minimum Gasteiger partial charge on any atom is -0.310 e. The Morgan fingerprint density at radius 1 is 1.21 bits per heavy atom. The average molecular weight is 260 g/mol. The number of benzene rings is 1. The number of hydrogen-bond acceptors (Lipinski definition) is 2. The molecule has 2 nitrogen and oxygen atoms in total. The van der Waals surface area contributed by atoms with Gasteiger partial charge in [0, 0.05) is 12.6 Å². The van der Waals surface area contributed by atoms with E-state index < -0.39 is 0 Å². The summed E-state index contributed by atoms with van der Waals surface area (Å²) in [4.78, 5) is 2.62. The van der Waals surface area contributed by atoms with Crippen molar-refractivity contribution in [2.75, 3.05) is 19.6 Å². The third kappa shape index (κ3) is 4.63. The van der Waals surface area contributed by atoms with Gasteiger partial charge in [0.05, 0.1) is 0 Å². The Morgan fingerprint density at radius 3 is 2.84 bits per heavy atom. The van der Waals surface area contributed by atoms with Gasteiger partial charge in [0.15, 0.2) is 0 Å². The highest BCUT2D eigenvalue weighted by Gasteiger charge is 2.15. The van der Waals surface area contributed by atoms with E-state index >= 15 is 0 Å². The lowest BCUT2D eigenvalue weighted by molar-refractivity contribution is 0.282. The maximum Gasteiger partial charge on any atom is 0.0210 e. The normalized spacial score (nSPS) is 21.3. The molecule has 2 rings (SSSR count). The summed E-state index contributed by atoms with van der Waals surface area (Å²) in [5, 5.41) is 3.75. The lowest BCUT2D eigenvalue weighted by atomic mass is 10.1. The van der Waals surface area contributed by atoms with Gasteiger partial charge in [0.25, 0.3) is 0 Å². The highest BCUT2D eigenvalue weighted by Crippen LogP contribution is 2.13. The second kappa shape index (κ2) is 7.66. The molecule has 1 heterocycles. The Morgan fingerprint density at radius 2 is 2.05 bits per heavy atom. The first-order chi connectivity index (χ1) is 9.29. The first-order valence-electron chi connectivity index (χ1n) is 7.80. The van der Waals surface area contributed by atoms with Crippen molar-refractivity contribution in [3.63, 3.8) is 0 Å². The molecule has 19 heavy (non-hydrogen) atoms. The van der Waals surface area contributed by atoms with E-state index in [1.807, 2.05) is 0 Å². The van der Waals surface area contributed by atoms with Gasteiger partial charge in [-0.15, -0.1) is 0 Å². The van der Waals surface area contributed by atoms with Crippen LogP contribution in [-0.2, 0) is 6.54 Å². The Kier molecular flexibility index (Phi) is 5.87. The van der Waals surface area contributed by atoms with Crippen molar-refractivity contribution >= 4 is 0 Å². The molecule has 1 aromatic rings. The number of rotatable bonds is 5. The lowest BCUT2D eigenvalue weighted by Crippen LogP contribution is -2.31. The fourth-order valence-corrected chi connectivity index (χ4v) is 2.96. The average Bonchev–Trinajstić information content (AvgIpc) is 2.64. The lowest BCUT2D eigenvalue weighted by Gasteiger charge is -2.19. The van der Waals surface area contributed by atoms with E-state index in [0.717, 1.165) is 6.54 Å². The maximum atomic E-state index is 3.75. The monoisotopic (exact) mass is 260 g/mol. The highest BCUT2D eigenvalue weighted by molar-refractivity contribution is 5.25. The van der Waals surface area contributed by atoms with Crippen LogP contribution in [0.15, 0.2) is 24.3 Å². The van der Waals surface area contributed by atoms with Crippen molar-refractivity contribution in [2.45, 2.75) is 52.1 Å². The summed E-state index contributed by atoms with van der Waals surface area (Å²) in [5.74, 6) is 0. The van der Waals surface area contributed by atoms with E-state index in [2.05, 4.69) is 48.3 Å².